The Morgan fingerprint density at radius 2 is 1.91 bits per heavy atom. The average molecular weight is 306 g/mol. The van der Waals surface area contributed by atoms with Gasteiger partial charge in [0.05, 0.1) is 6.26 Å². The topological polar surface area (TPSA) is 9.23 Å². The van der Waals surface area contributed by atoms with Crippen molar-refractivity contribution >= 4 is 10.8 Å². The average Bonchev–Trinajstić information content (AvgIpc) is 3.13. The van der Waals surface area contributed by atoms with E-state index < -0.39 is 0 Å². The Kier molecular flexibility index (Phi) is 3.48. The van der Waals surface area contributed by atoms with Crippen LogP contribution in [0.4, 0.5) is 0 Å². The molecule has 2 bridgehead atoms. The predicted molar refractivity (Wildman–Crippen MR) is 96.4 cm³/mol. The van der Waals surface area contributed by atoms with Gasteiger partial charge in [-0.1, -0.05) is 62.9 Å². The fraction of sp³-hybridized carbons (Fsp3) is 0.455. The second kappa shape index (κ2) is 5.40. The Morgan fingerprint density at radius 1 is 1.13 bits per heavy atom. The standard InChI is InChI=1S/C22H26O/c1-4-23-21-13-16-12-20(21)22(14-16,15(2)3)19-11-7-9-17-8-5-6-10-18(17)19/h4-11,15-16,20-21H,1,12-14H2,2-3H3. The van der Waals surface area contributed by atoms with Crippen molar-refractivity contribution in [3.63, 3.8) is 0 Å². The molecule has 120 valence electrons. The summed E-state index contributed by atoms with van der Waals surface area (Å²) in [6.07, 6.45) is 5.81. The number of ether oxygens (including phenoxy) is 1. The zero-order valence-electron chi connectivity index (χ0n) is 14.2. The van der Waals surface area contributed by atoms with Gasteiger partial charge in [-0.3, -0.25) is 0 Å². The van der Waals surface area contributed by atoms with E-state index in [1.165, 1.54) is 35.6 Å². The van der Waals surface area contributed by atoms with Crippen LogP contribution in [0.2, 0.25) is 0 Å². The third-order valence-corrected chi connectivity index (χ3v) is 6.48. The Morgan fingerprint density at radius 3 is 2.65 bits per heavy atom. The molecule has 2 fully saturated rings. The van der Waals surface area contributed by atoms with Crippen LogP contribution in [0.15, 0.2) is 55.3 Å². The van der Waals surface area contributed by atoms with Gasteiger partial charge in [0.25, 0.3) is 0 Å². The molecule has 2 aliphatic carbocycles. The molecule has 4 atom stereocenters. The van der Waals surface area contributed by atoms with E-state index in [1.807, 2.05) is 0 Å². The molecule has 4 rings (SSSR count). The van der Waals surface area contributed by atoms with Crippen molar-refractivity contribution in [1.29, 1.82) is 0 Å². The van der Waals surface area contributed by atoms with Crippen molar-refractivity contribution in [1.82, 2.24) is 0 Å². The van der Waals surface area contributed by atoms with Gasteiger partial charge in [-0.05, 0) is 47.4 Å². The lowest BCUT2D eigenvalue weighted by atomic mass is 9.60. The molecule has 4 unspecified atom stereocenters. The highest BCUT2D eigenvalue weighted by molar-refractivity contribution is 5.86. The quantitative estimate of drug-likeness (QED) is 0.659. The fourth-order valence-corrected chi connectivity index (χ4v) is 5.63. The third-order valence-electron chi connectivity index (χ3n) is 6.48. The maximum Gasteiger partial charge on any atom is 0.102 e. The molecule has 0 N–H and O–H groups in total. The van der Waals surface area contributed by atoms with Crippen LogP contribution in [-0.2, 0) is 10.2 Å². The van der Waals surface area contributed by atoms with Crippen molar-refractivity contribution in [2.24, 2.45) is 17.8 Å². The number of hydrogen-bond acceptors (Lipinski definition) is 1. The van der Waals surface area contributed by atoms with Crippen LogP contribution in [-0.4, -0.2) is 6.10 Å². The third kappa shape index (κ3) is 2.06. The maximum atomic E-state index is 5.94. The number of rotatable bonds is 4. The zero-order valence-corrected chi connectivity index (χ0v) is 14.2. The van der Waals surface area contributed by atoms with Gasteiger partial charge in [0.2, 0.25) is 0 Å². The summed E-state index contributed by atoms with van der Waals surface area (Å²) in [5, 5.41) is 2.78. The summed E-state index contributed by atoms with van der Waals surface area (Å²) in [6.45, 7) is 8.59. The van der Waals surface area contributed by atoms with Crippen molar-refractivity contribution in [2.45, 2.75) is 44.6 Å². The smallest absolute Gasteiger partial charge is 0.102 e. The van der Waals surface area contributed by atoms with Gasteiger partial charge in [-0.25, -0.2) is 0 Å². The Bertz CT molecular complexity index is 726. The first-order valence-corrected chi connectivity index (χ1v) is 8.91. The van der Waals surface area contributed by atoms with E-state index in [4.69, 9.17) is 4.74 Å². The lowest BCUT2D eigenvalue weighted by molar-refractivity contribution is 0.0302. The highest BCUT2D eigenvalue weighted by atomic mass is 16.5. The molecule has 0 heterocycles. The minimum absolute atomic E-state index is 0.234. The minimum atomic E-state index is 0.234. The number of hydrogen-bond donors (Lipinski definition) is 0. The van der Waals surface area contributed by atoms with E-state index in [9.17, 15) is 0 Å². The van der Waals surface area contributed by atoms with Crippen molar-refractivity contribution in [3.05, 3.63) is 60.9 Å². The van der Waals surface area contributed by atoms with Gasteiger partial charge in [0.15, 0.2) is 0 Å². The molecule has 0 radical (unpaired) electrons. The lowest BCUT2D eigenvalue weighted by Gasteiger charge is -2.45. The summed E-state index contributed by atoms with van der Waals surface area (Å²) in [4.78, 5) is 0. The fourth-order valence-electron chi connectivity index (χ4n) is 5.63. The predicted octanol–water partition coefficient (Wildman–Crippen LogP) is 5.69. The highest BCUT2D eigenvalue weighted by Gasteiger charge is 2.58. The van der Waals surface area contributed by atoms with Crippen molar-refractivity contribution < 1.29 is 4.74 Å². The Balaban J connectivity index is 1.90. The van der Waals surface area contributed by atoms with E-state index in [-0.39, 0.29) is 5.41 Å². The molecule has 0 aromatic heterocycles. The van der Waals surface area contributed by atoms with E-state index in [0.29, 0.717) is 17.9 Å². The van der Waals surface area contributed by atoms with Gasteiger partial charge in [0, 0.05) is 11.3 Å². The van der Waals surface area contributed by atoms with Crippen LogP contribution in [0.5, 0.6) is 0 Å². The molecule has 23 heavy (non-hydrogen) atoms. The summed E-state index contributed by atoms with van der Waals surface area (Å²) in [6, 6.07) is 15.7. The molecule has 0 spiro atoms. The summed E-state index contributed by atoms with van der Waals surface area (Å²) >= 11 is 0. The Hall–Kier alpha value is -1.76. The molecule has 2 aliphatic rings. The monoisotopic (exact) mass is 306 g/mol. The first-order valence-electron chi connectivity index (χ1n) is 8.91. The number of benzene rings is 2. The molecule has 1 heteroatoms. The van der Waals surface area contributed by atoms with Gasteiger partial charge >= 0.3 is 0 Å². The molecular formula is C22H26O. The molecule has 0 saturated heterocycles. The van der Waals surface area contributed by atoms with Gasteiger partial charge in [-0.15, -0.1) is 0 Å². The van der Waals surface area contributed by atoms with Gasteiger partial charge < -0.3 is 4.74 Å². The van der Waals surface area contributed by atoms with Crippen LogP contribution in [0.3, 0.4) is 0 Å². The second-order valence-electron chi connectivity index (χ2n) is 7.71. The summed E-state index contributed by atoms with van der Waals surface area (Å²) in [5.41, 5.74) is 1.77. The first kappa shape index (κ1) is 14.8. The van der Waals surface area contributed by atoms with E-state index in [2.05, 4.69) is 62.9 Å². The molecule has 0 aliphatic heterocycles. The molecule has 1 nitrogen and oxygen atoms in total. The SMILES string of the molecule is C=COC1CC2CC1C(c1cccc3ccccc13)(C(C)C)C2. The summed E-state index contributed by atoms with van der Waals surface area (Å²) < 4.78 is 5.94. The largest absolute Gasteiger partial charge is 0.498 e. The van der Waals surface area contributed by atoms with Crippen LogP contribution in [0.1, 0.15) is 38.7 Å². The zero-order chi connectivity index (χ0) is 16.0. The van der Waals surface area contributed by atoms with Crippen LogP contribution in [0, 0.1) is 17.8 Å². The molecular weight excluding hydrogens is 280 g/mol. The normalized spacial score (nSPS) is 32.6. The summed E-state index contributed by atoms with van der Waals surface area (Å²) in [5.74, 6) is 2.02. The second-order valence-corrected chi connectivity index (χ2v) is 7.71. The first-order chi connectivity index (χ1) is 11.2. The molecule has 2 aromatic rings. The van der Waals surface area contributed by atoms with Crippen LogP contribution in [0.25, 0.3) is 10.8 Å². The van der Waals surface area contributed by atoms with Crippen molar-refractivity contribution in [3.8, 4) is 0 Å². The van der Waals surface area contributed by atoms with Crippen LogP contribution >= 0.6 is 0 Å². The maximum absolute atomic E-state index is 5.94. The minimum Gasteiger partial charge on any atom is -0.498 e. The highest BCUT2D eigenvalue weighted by Crippen LogP contribution is 2.61. The Labute approximate surface area is 139 Å². The van der Waals surface area contributed by atoms with Gasteiger partial charge in [0.1, 0.15) is 6.10 Å². The lowest BCUT2D eigenvalue weighted by Crippen LogP contribution is -2.44. The number of fused-ring (bicyclic) bond motifs is 3. The van der Waals surface area contributed by atoms with E-state index >= 15 is 0 Å². The summed E-state index contributed by atoms with van der Waals surface area (Å²) in [7, 11) is 0. The molecule has 0 amide bonds. The van der Waals surface area contributed by atoms with E-state index in [0.717, 1.165) is 5.92 Å². The van der Waals surface area contributed by atoms with Gasteiger partial charge in [-0.2, -0.15) is 0 Å². The van der Waals surface area contributed by atoms with E-state index in [1.54, 1.807) is 6.26 Å². The molecule has 2 saturated carbocycles. The van der Waals surface area contributed by atoms with Crippen LogP contribution < -0.4 is 0 Å². The molecule has 2 aromatic carbocycles. The van der Waals surface area contributed by atoms with Crippen molar-refractivity contribution in [2.75, 3.05) is 0 Å².